The van der Waals surface area contributed by atoms with Crippen molar-refractivity contribution in [3.05, 3.63) is 81.6 Å². The molecule has 0 amide bonds. The molecule has 0 unspecified atom stereocenters. The quantitative estimate of drug-likeness (QED) is 0.584. The van der Waals surface area contributed by atoms with E-state index in [0.29, 0.717) is 29.4 Å². The van der Waals surface area contributed by atoms with Gasteiger partial charge < -0.3 is 15.0 Å². The van der Waals surface area contributed by atoms with Crippen LogP contribution in [0.5, 0.6) is 5.75 Å². The third-order valence-electron chi connectivity index (χ3n) is 5.70. The first-order valence-corrected chi connectivity index (χ1v) is 12.1. The van der Waals surface area contributed by atoms with E-state index in [0.717, 1.165) is 17.4 Å². The lowest BCUT2D eigenvalue weighted by atomic mass is 9.98. The maximum absolute atomic E-state index is 13.6. The Bertz CT molecular complexity index is 1370. The number of aromatic hydroxyl groups is 1. The molecule has 0 aliphatic carbocycles. The summed E-state index contributed by atoms with van der Waals surface area (Å²) in [5, 5.41) is 15.4. The molecule has 0 fully saturated rings. The van der Waals surface area contributed by atoms with Crippen LogP contribution in [0.25, 0.3) is 16.8 Å². The average Bonchev–Trinajstić information content (AvgIpc) is 2.74. The minimum Gasteiger partial charge on any atom is -0.506 e. The van der Waals surface area contributed by atoms with Crippen LogP contribution in [0.2, 0.25) is 0 Å². The predicted molar refractivity (Wildman–Crippen MR) is 127 cm³/mol. The maximum atomic E-state index is 13.6. The van der Waals surface area contributed by atoms with Gasteiger partial charge in [-0.15, -0.1) is 0 Å². The summed E-state index contributed by atoms with van der Waals surface area (Å²) in [6, 6.07) is 15.8. The van der Waals surface area contributed by atoms with Gasteiger partial charge >= 0.3 is 0 Å². The van der Waals surface area contributed by atoms with Crippen LogP contribution >= 0.6 is 0 Å². The summed E-state index contributed by atoms with van der Waals surface area (Å²) in [4.78, 5) is 13.7. The molecule has 166 valence electrons. The van der Waals surface area contributed by atoms with Crippen molar-refractivity contribution in [2.24, 2.45) is 5.92 Å². The normalized spacial score (nSPS) is 14.6. The van der Waals surface area contributed by atoms with Gasteiger partial charge in [-0.05, 0) is 37.0 Å². The summed E-state index contributed by atoms with van der Waals surface area (Å²) in [6.07, 6.45) is 0.771. The lowest BCUT2D eigenvalue weighted by Gasteiger charge is -2.23. The van der Waals surface area contributed by atoms with E-state index < -0.39 is 15.4 Å². The second-order valence-electron chi connectivity index (χ2n) is 8.39. The summed E-state index contributed by atoms with van der Waals surface area (Å²) >= 11 is 0. The molecule has 0 atom stereocenters. The maximum Gasteiger partial charge on any atom is 0.263 e. The number of pyridine rings is 1. The summed E-state index contributed by atoms with van der Waals surface area (Å²) in [5.41, 5.74) is 1.89. The van der Waals surface area contributed by atoms with Gasteiger partial charge in [0, 0.05) is 17.8 Å². The lowest BCUT2D eigenvalue weighted by Crippen LogP contribution is -2.29. The van der Waals surface area contributed by atoms with Gasteiger partial charge in [-0.25, -0.2) is 8.42 Å². The third-order valence-corrected chi connectivity index (χ3v) is 7.21. The van der Waals surface area contributed by atoms with E-state index in [1.807, 2.05) is 37.3 Å². The molecule has 2 aromatic carbocycles. The zero-order chi connectivity index (χ0) is 23.0. The Labute approximate surface area is 187 Å². The molecule has 1 aromatic heterocycles. The topological polar surface area (TPSA) is 88.4 Å². The largest absolute Gasteiger partial charge is 0.506 e. The van der Waals surface area contributed by atoms with Crippen LogP contribution in [0.3, 0.4) is 0 Å². The number of anilines is 1. The van der Waals surface area contributed by atoms with Crippen molar-refractivity contribution < 1.29 is 13.5 Å². The van der Waals surface area contributed by atoms with Crippen LogP contribution in [0.4, 0.5) is 5.69 Å². The highest BCUT2D eigenvalue weighted by Crippen LogP contribution is 2.39. The fourth-order valence-electron chi connectivity index (χ4n) is 4.00. The Morgan fingerprint density at radius 3 is 2.34 bits per heavy atom. The van der Waals surface area contributed by atoms with Crippen molar-refractivity contribution in [2.75, 3.05) is 5.32 Å². The minimum absolute atomic E-state index is 0.0451. The van der Waals surface area contributed by atoms with Crippen LogP contribution in [0.1, 0.15) is 31.5 Å². The number of sulfone groups is 1. The van der Waals surface area contributed by atoms with Gasteiger partial charge in [0.15, 0.2) is 0 Å². The van der Waals surface area contributed by atoms with E-state index >= 15 is 0 Å². The Morgan fingerprint density at radius 2 is 1.66 bits per heavy atom. The molecule has 7 heteroatoms. The van der Waals surface area contributed by atoms with E-state index in [-0.39, 0.29) is 21.9 Å². The first-order valence-electron chi connectivity index (χ1n) is 10.6. The number of nitrogens with one attached hydrogen (secondary N) is 1. The van der Waals surface area contributed by atoms with Crippen LogP contribution in [-0.4, -0.2) is 18.1 Å². The summed E-state index contributed by atoms with van der Waals surface area (Å²) < 4.78 is 27.4. The van der Waals surface area contributed by atoms with E-state index in [9.17, 15) is 18.3 Å². The summed E-state index contributed by atoms with van der Waals surface area (Å²) in [5.74, 6) is 0.144. The molecule has 6 nitrogen and oxygen atoms in total. The number of nitrogens with zero attached hydrogens (tertiary/aromatic N) is 1. The molecule has 2 heterocycles. The molecule has 0 spiro atoms. The summed E-state index contributed by atoms with van der Waals surface area (Å²) in [6.45, 7) is 6.43. The number of rotatable bonds is 5. The second kappa shape index (κ2) is 8.31. The van der Waals surface area contributed by atoms with Crippen LogP contribution in [-0.2, 0) is 16.4 Å². The predicted octanol–water partition coefficient (Wildman–Crippen LogP) is 4.77. The van der Waals surface area contributed by atoms with Crippen molar-refractivity contribution in [2.45, 2.75) is 38.6 Å². The van der Waals surface area contributed by atoms with Crippen LogP contribution in [0, 0.1) is 12.8 Å². The Kier molecular flexibility index (Phi) is 5.69. The highest BCUT2D eigenvalue weighted by molar-refractivity contribution is 7.94. The zero-order valence-electron chi connectivity index (χ0n) is 18.3. The van der Waals surface area contributed by atoms with Gasteiger partial charge in [0.05, 0.1) is 21.7 Å². The molecule has 0 radical (unpaired) electrons. The number of aromatic nitrogens is 1. The van der Waals surface area contributed by atoms with Gasteiger partial charge in [-0.1, -0.05) is 56.3 Å². The smallest absolute Gasteiger partial charge is 0.263 e. The van der Waals surface area contributed by atoms with E-state index in [1.54, 1.807) is 22.8 Å². The average molecular weight is 451 g/mol. The number of fused-ring (bicyclic) bond motifs is 1. The van der Waals surface area contributed by atoms with Crippen LogP contribution < -0.4 is 10.9 Å². The molecule has 1 aliphatic rings. The van der Waals surface area contributed by atoms with Crippen molar-refractivity contribution >= 4 is 21.2 Å². The number of para-hydroxylation sites is 1. The van der Waals surface area contributed by atoms with Gasteiger partial charge in [0.2, 0.25) is 9.84 Å². The molecule has 0 saturated carbocycles. The number of hydrogen-bond donors (Lipinski definition) is 2. The Morgan fingerprint density at radius 1 is 1.00 bits per heavy atom. The van der Waals surface area contributed by atoms with Crippen molar-refractivity contribution in [1.29, 1.82) is 0 Å². The summed E-state index contributed by atoms with van der Waals surface area (Å²) in [7, 11) is -3.78. The molecular formula is C25H26N2O4S. The second-order valence-corrected chi connectivity index (χ2v) is 10.2. The van der Waals surface area contributed by atoms with Crippen molar-refractivity contribution in [1.82, 2.24) is 4.57 Å². The lowest BCUT2D eigenvalue weighted by molar-refractivity contribution is 0.462. The minimum atomic E-state index is -3.78. The zero-order valence-corrected chi connectivity index (χ0v) is 19.1. The SMILES string of the molecule is Cc1c(-c2ccccc2)c(O)c(C2=CS(=O)(=O)c3ccccc3N2)c(=O)n1CCC(C)C. The fraction of sp³-hybridized carbons (Fsp3) is 0.240. The Balaban J connectivity index is 2.00. The molecular weight excluding hydrogens is 424 g/mol. The van der Waals surface area contributed by atoms with Gasteiger partial charge in [-0.3, -0.25) is 4.79 Å². The standard InChI is InChI=1S/C25H26N2O4S/c1-16(2)13-14-27-17(3)22(18-9-5-4-6-10-18)24(28)23(25(27)29)20-15-32(30,31)21-12-8-7-11-19(21)26-20/h4-12,15-16,26,28H,13-14H2,1-3H3. The van der Waals surface area contributed by atoms with E-state index in [4.69, 9.17) is 0 Å². The van der Waals surface area contributed by atoms with Gasteiger partial charge in [-0.2, -0.15) is 0 Å². The molecule has 4 rings (SSSR count). The monoisotopic (exact) mass is 450 g/mol. The molecule has 0 bridgehead atoms. The van der Waals surface area contributed by atoms with Crippen LogP contribution in [0.15, 0.2) is 69.7 Å². The first-order chi connectivity index (χ1) is 15.2. The Hall–Kier alpha value is -3.32. The highest BCUT2D eigenvalue weighted by Gasteiger charge is 2.29. The van der Waals surface area contributed by atoms with Gasteiger partial charge in [0.25, 0.3) is 5.56 Å². The first kappa shape index (κ1) is 21.9. The van der Waals surface area contributed by atoms with Crippen molar-refractivity contribution in [3.8, 4) is 16.9 Å². The molecule has 1 aliphatic heterocycles. The van der Waals surface area contributed by atoms with E-state index in [1.165, 1.54) is 6.07 Å². The van der Waals surface area contributed by atoms with Gasteiger partial charge in [0.1, 0.15) is 11.3 Å². The molecule has 32 heavy (non-hydrogen) atoms. The molecule has 0 saturated heterocycles. The highest BCUT2D eigenvalue weighted by atomic mass is 32.2. The third kappa shape index (κ3) is 3.84. The van der Waals surface area contributed by atoms with E-state index in [2.05, 4.69) is 19.2 Å². The van der Waals surface area contributed by atoms with Crippen molar-refractivity contribution in [3.63, 3.8) is 0 Å². The molecule has 2 N–H and O–H groups in total. The molecule has 3 aromatic rings. The number of benzene rings is 2. The fourth-order valence-corrected chi connectivity index (χ4v) is 5.31. The number of hydrogen-bond acceptors (Lipinski definition) is 5.